The van der Waals surface area contributed by atoms with Crippen LogP contribution in [-0.4, -0.2) is 48.8 Å². The van der Waals surface area contributed by atoms with Gasteiger partial charge in [0.15, 0.2) is 0 Å². The van der Waals surface area contributed by atoms with Crippen LogP contribution in [0.4, 0.5) is 26.7 Å². The van der Waals surface area contributed by atoms with E-state index in [-0.39, 0.29) is 12.1 Å². The molecule has 0 bridgehead atoms. The molecule has 0 atom stereocenters. The van der Waals surface area contributed by atoms with Gasteiger partial charge in [-0.15, -0.1) is 0 Å². The highest BCUT2D eigenvalue weighted by molar-refractivity contribution is 5.99. The summed E-state index contributed by atoms with van der Waals surface area (Å²) in [6.45, 7) is 12.6. The second kappa shape index (κ2) is 9.94. The van der Waals surface area contributed by atoms with E-state index in [4.69, 9.17) is 4.74 Å². The van der Waals surface area contributed by atoms with E-state index in [9.17, 15) is 9.59 Å². The largest absolute Gasteiger partial charge is 0.444 e. The number of rotatable bonds is 4. The summed E-state index contributed by atoms with van der Waals surface area (Å²) in [6, 6.07) is 15.3. The zero-order valence-electron chi connectivity index (χ0n) is 19.6. The number of anilines is 3. The number of hydrogen-bond acceptors (Lipinski definition) is 4. The second-order valence-corrected chi connectivity index (χ2v) is 9.36. The van der Waals surface area contributed by atoms with Crippen LogP contribution in [0.25, 0.3) is 0 Å². The van der Waals surface area contributed by atoms with Crippen molar-refractivity contribution >= 4 is 29.2 Å². The molecule has 2 aromatic rings. The first-order chi connectivity index (χ1) is 15.1. The normalized spacial score (nSPS) is 14.3. The lowest BCUT2D eigenvalue weighted by atomic mass is 10.0. The van der Waals surface area contributed by atoms with E-state index in [2.05, 4.69) is 29.4 Å². The van der Waals surface area contributed by atoms with Crippen molar-refractivity contribution in [1.82, 2.24) is 4.90 Å². The molecule has 1 aliphatic rings. The third kappa shape index (κ3) is 6.64. The predicted molar refractivity (Wildman–Crippen MR) is 130 cm³/mol. The standard InChI is InChI=1S/C25H34N4O3/c1-18(2)19-6-8-20(9-7-19)26-23(30)27-21-10-12-22(13-11-21)28-14-16-29(17-15-28)24(31)32-25(3,4)5/h6-13,18H,14-17H2,1-5H3,(H2,26,27,30). The van der Waals surface area contributed by atoms with Gasteiger partial charge in [0.05, 0.1) is 0 Å². The van der Waals surface area contributed by atoms with E-state index in [1.165, 1.54) is 5.56 Å². The summed E-state index contributed by atoms with van der Waals surface area (Å²) >= 11 is 0. The molecule has 1 aliphatic heterocycles. The van der Waals surface area contributed by atoms with Crippen LogP contribution in [0.3, 0.4) is 0 Å². The molecule has 7 nitrogen and oxygen atoms in total. The Bertz CT molecular complexity index is 910. The smallest absolute Gasteiger partial charge is 0.410 e. The Labute approximate surface area is 190 Å². The van der Waals surface area contributed by atoms with Gasteiger partial charge in [0.1, 0.15) is 5.60 Å². The van der Waals surface area contributed by atoms with Crippen LogP contribution in [0.1, 0.15) is 46.1 Å². The van der Waals surface area contributed by atoms with Crippen LogP contribution < -0.4 is 15.5 Å². The second-order valence-electron chi connectivity index (χ2n) is 9.36. The zero-order chi connectivity index (χ0) is 23.3. The zero-order valence-corrected chi connectivity index (χ0v) is 19.6. The molecule has 1 saturated heterocycles. The molecule has 1 fully saturated rings. The Morgan fingerprint density at radius 2 is 1.34 bits per heavy atom. The van der Waals surface area contributed by atoms with Gasteiger partial charge >= 0.3 is 12.1 Å². The van der Waals surface area contributed by atoms with Crippen molar-refractivity contribution in [3.63, 3.8) is 0 Å². The number of carbonyl (C=O) groups excluding carboxylic acids is 2. The quantitative estimate of drug-likeness (QED) is 0.660. The van der Waals surface area contributed by atoms with E-state index in [0.717, 1.165) is 30.2 Å². The van der Waals surface area contributed by atoms with E-state index < -0.39 is 5.60 Å². The first-order valence-corrected chi connectivity index (χ1v) is 11.1. The summed E-state index contributed by atoms with van der Waals surface area (Å²) in [5.41, 5.74) is 3.28. The molecule has 0 aromatic heterocycles. The number of nitrogens with one attached hydrogen (secondary N) is 2. The molecule has 2 N–H and O–H groups in total. The third-order valence-electron chi connectivity index (χ3n) is 5.26. The van der Waals surface area contributed by atoms with E-state index in [1.54, 1.807) is 4.90 Å². The molecule has 7 heteroatoms. The van der Waals surface area contributed by atoms with Gasteiger partial charge in [-0.1, -0.05) is 26.0 Å². The van der Waals surface area contributed by atoms with Crippen molar-refractivity contribution in [2.75, 3.05) is 41.7 Å². The molecule has 2 aromatic carbocycles. The van der Waals surface area contributed by atoms with Crippen molar-refractivity contribution < 1.29 is 14.3 Å². The van der Waals surface area contributed by atoms with Crippen LogP contribution in [0.2, 0.25) is 0 Å². The Kier molecular flexibility index (Phi) is 7.28. The number of urea groups is 1. The van der Waals surface area contributed by atoms with Gasteiger partial charge in [0, 0.05) is 43.2 Å². The van der Waals surface area contributed by atoms with Crippen molar-refractivity contribution in [1.29, 1.82) is 0 Å². The van der Waals surface area contributed by atoms with Gasteiger partial charge < -0.3 is 25.2 Å². The lowest BCUT2D eigenvalue weighted by molar-refractivity contribution is 0.0240. The van der Waals surface area contributed by atoms with Gasteiger partial charge in [-0.25, -0.2) is 9.59 Å². The molecule has 32 heavy (non-hydrogen) atoms. The molecule has 3 amide bonds. The highest BCUT2D eigenvalue weighted by atomic mass is 16.6. The highest BCUT2D eigenvalue weighted by Gasteiger charge is 2.25. The van der Waals surface area contributed by atoms with E-state index in [0.29, 0.717) is 19.0 Å². The molecule has 0 aliphatic carbocycles. The minimum atomic E-state index is -0.485. The fourth-order valence-electron chi connectivity index (χ4n) is 3.47. The number of ether oxygens (including phenoxy) is 1. The molecule has 0 spiro atoms. The maximum absolute atomic E-state index is 12.3. The maximum Gasteiger partial charge on any atom is 0.410 e. The Morgan fingerprint density at radius 1 is 0.844 bits per heavy atom. The van der Waals surface area contributed by atoms with Crippen LogP contribution in [0.5, 0.6) is 0 Å². The minimum Gasteiger partial charge on any atom is -0.444 e. The summed E-state index contributed by atoms with van der Waals surface area (Å²) < 4.78 is 5.45. The molecular weight excluding hydrogens is 404 g/mol. The molecule has 0 saturated carbocycles. The Hall–Kier alpha value is -3.22. The summed E-state index contributed by atoms with van der Waals surface area (Å²) in [6.07, 6.45) is -0.262. The fourth-order valence-corrected chi connectivity index (χ4v) is 3.47. The lowest BCUT2D eigenvalue weighted by Gasteiger charge is -2.36. The molecule has 3 rings (SSSR count). The van der Waals surface area contributed by atoms with Crippen molar-refractivity contribution in [3.8, 4) is 0 Å². The Morgan fingerprint density at radius 3 is 1.81 bits per heavy atom. The maximum atomic E-state index is 12.3. The highest BCUT2D eigenvalue weighted by Crippen LogP contribution is 2.21. The average Bonchev–Trinajstić information content (AvgIpc) is 2.73. The summed E-state index contributed by atoms with van der Waals surface area (Å²) in [5, 5.41) is 5.72. The Balaban J connectivity index is 1.49. The number of hydrogen-bond donors (Lipinski definition) is 2. The topological polar surface area (TPSA) is 73.9 Å². The van der Waals surface area contributed by atoms with Gasteiger partial charge in [0.2, 0.25) is 0 Å². The van der Waals surface area contributed by atoms with Gasteiger partial charge in [-0.2, -0.15) is 0 Å². The van der Waals surface area contributed by atoms with Gasteiger partial charge in [-0.05, 0) is 68.7 Å². The third-order valence-corrected chi connectivity index (χ3v) is 5.26. The summed E-state index contributed by atoms with van der Waals surface area (Å²) in [5.74, 6) is 0.455. The number of amides is 3. The van der Waals surface area contributed by atoms with Crippen LogP contribution in [0.15, 0.2) is 48.5 Å². The summed E-state index contributed by atoms with van der Waals surface area (Å²) in [4.78, 5) is 28.5. The van der Waals surface area contributed by atoms with Gasteiger partial charge in [-0.3, -0.25) is 0 Å². The SMILES string of the molecule is CC(C)c1ccc(NC(=O)Nc2ccc(N3CCN(C(=O)OC(C)(C)C)CC3)cc2)cc1. The molecule has 0 unspecified atom stereocenters. The van der Waals surface area contributed by atoms with Crippen molar-refractivity contribution in [3.05, 3.63) is 54.1 Å². The monoisotopic (exact) mass is 438 g/mol. The number of piperazine rings is 1. The lowest BCUT2D eigenvalue weighted by Crippen LogP contribution is -2.50. The van der Waals surface area contributed by atoms with E-state index in [1.807, 2.05) is 69.3 Å². The average molecular weight is 439 g/mol. The van der Waals surface area contributed by atoms with Crippen LogP contribution >= 0.6 is 0 Å². The van der Waals surface area contributed by atoms with Crippen LogP contribution in [-0.2, 0) is 4.74 Å². The van der Waals surface area contributed by atoms with Crippen molar-refractivity contribution in [2.45, 2.75) is 46.1 Å². The summed E-state index contributed by atoms with van der Waals surface area (Å²) in [7, 11) is 0. The first-order valence-electron chi connectivity index (χ1n) is 11.1. The van der Waals surface area contributed by atoms with Crippen LogP contribution in [0, 0.1) is 0 Å². The molecular formula is C25H34N4O3. The van der Waals surface area contributed by atoms with E-state index >= 15 is 0 Å². The number of nitrogens with zero attached hydrogens (tertiary/aromatic N) is 2. The number of carbonyl (C=O) groups is 2. The molecule has 172 valence electrons. The first kappa shape index (κ1) is 23.4. The minimum absolute atomic E-state index is 0.262. The molecule has 0 radical (unpaired) electrons. The van der Waals surface area contributed by atoms with Gasteiger partial charge in [0.25, 0.3) is 0 Å². The van der Waals surface area contributed by atoms with Crippen molar-refractivity contribution in [2.24, 2.45) is 0 Å². The molecule has 1 heterocycles. The fraction of sp³-hybridized carbons (Fsp3) is 0.440. The predicted octanol–water partition coefficient (Wildman–Crippen LogP) is 5.51. The number of benzene rings is 2.